The van der Waals surface area contributed by atoms with Gasteiger partial charge in [-0.1, -0.05) is 78.3 Å². The predicted molar refractivity (Wildman–Crippen MR) is 196 cm³/mol. The van der Waals surface area contributed by atoms with Gasteiger partial charge in [-0.05, 0) is 63.2 Å². The maximum Gasteiger partial charge on any atom is 0.331 e. The number of carbonyl (C=O) groups excluding carboxylic acids is 2. The number of thioether (sulfide) groups is 1. The van der Waals surface area contributed by atoms with Gasteiger partial charge in [0.15, 0.2) is 0 Å². The average molecular weight is 674 g/mol. The molecule has 0 heterocycles. The summed E-state index contributed by atoms with van der Waals surface area (Å²) in [5.74, 6) is 0.394. The minimum atomic E-state index is -1.05. The lowest BCUT2D eigenvalue weighted by Gasteiger charge is -2.39. The van der Waals surface area contributed by atoms with Crippen LogP contribution in [0.4, 0.5) is 0 Å². The number of carbonyl (C=O) groups is 3. The Kier molecular flexibility index (Phi) is 19.8. The van der Waals surface area contributed by atoms with Gasteiger partial charge in [0.1, 0.15) is 17.5 Å². The van der Waals surface area contributed by atoms with E-state index in [0.717, 1.165) is 22.6 Å². The minimum absolute atomic E-state index is 0.0926. The number of benzene rings is 2. The fourth-order valence-corrected chi connectivity index (χ4v) is 5.57. The van der Waals surface area contributed by atoms with Crippen molar-refractivity contribution in [2.75, 3.05) is 34.9 Å². The van der Waals surface area contributed by atoms with Crippen LogP contribution in [0.1, 0.15) is 79.9 Å². The molecule has 9 nitrogen and oxygen atoms in total. The van der Waals surface area contributed by atoms with Crippen molar-refractivity contribution in [2.24, 2.45) is 0 Å². The number of carboxylic acids is 1. The summed E-state index contributed by atoms with van der Waals surface area (Å²) in [6.07, 6.45) is 2.74. The van der Waals surface area contributed by atoms with E-state index in [1.165, 1.54) is 24.3 Å². The fourth-order valence-electron chi connectivity index (χ4n) is 4.51. The number of carboxylic acid groups (broad SMARTS) is 1. The molecule has 0 aliphatic rings. The van der Waals surface area contributed by atoms with Crippen LogP contribution in [-0.2, 0) is 25.6 Å². The van der Waals surface area contributed by atoms with Crippen LogP contribution in [0.5, 0.6) is 11.5 Å². The monoisotopic (exact) mass is 673 g/mol. The maximum atomic E-state index is 13.9. The second kappa shape index (κ2) is 21.4. The van der Waals surface area contributed by atoms with Crippen LogP contribution < -0.4 is 20.1 Å². The van der Waals surface area contributed by atoms with Crippen molar-refractivity contribution < 1.29 is 29.0 Å². The van der Waals surface area contributed by atoms with Gasteiger partial charge in [0, 0.05) is 35.1 Å². The summed E-state index contributed by atoms with van der Waals surface area (Å²) >= 11 is 1.55. The second-order valence-electron chi connectivity index (χ2n) is 12.0. The van der Waals surface area contributed by atoms with Gasteiger partial charge < -0.3 is 30.1 Å². The van der Waals surface area contributed by atoms with E-state index in [4.69, 9.17) is 9.47 Å². The van der Waals surface area contributed by atoms with Gasteiger partial charge in [0.05, 0.1) is 20.3 Å². The minimum Gasteiger partial charge on any atom is -0.497 e. The van der Waals surface area contributed by atoms with E-state index in [0.29, 0.717) is 5.75 Å². The number of ether oxygens (including phenoxy) is 2. The molecule has 0 radical (unpaired) electrons. The Balaban J connectivity index is 0.00000399. The fraction of sp³-hybridized carbons (Fsp3) is 0.541. The van der Waals surface area contributed by atoms with E-state index in [1.54, 1.807) is 40.1 Å². The predicted octanol–water partition coefficient (Wildman–Crippen LogP) is 6.70. The third-order valence-electron chi connectivity index (χ3n) is 7.49. The number of nitrogens with zero attached hydrogens (tertiary/aromatic N) is 1. The van der Waals surface area contributed by atoms with Crippen molar-refractivity contribution >= 4 is 29.5 Å². The first kappa shape index (κ1) is 43.5. The lowest BCUT2D eigenvalue weighted by Crippen LogP contribution is -2.62. The Morgan fingerprint density at radius 1 is 0.915 bits per heavy atom. The zero-order valence-corrected chi connectivity index (χ0v) is 31.6. The van der Waals surface area contributed by atoms with E-state index in [2.05, 4.69) is 24.5 Å². The molecular weight excluding hydrogens is 614 g/mol. The Bertz CT molecular complexity index is 1260. The Morgan fingerprint density at radius 3 is 1.81 bits per heavy atom. The topological polar surface area (TPSA) is 117 Å². The van der Waals surface area contributed by atoms with Crippen molar-refractivity contribution in [3.05, 3.63) is 71.3 Å². The molecule has 3 N–H and O–H groups in total. The molecule has 2 rings (SSSR count). The summed E-state index contributed by atoms with van der Waals surface area (Å²) in [5, 5.41) is 15.4. The first-order chi connectivity index (χ1) is 22.1. The SMILES string of the molecule is CC.CCC.CNC(C(=O)NC(C(=O)N(C)C/C=C(\C)C(=O)O)C(C)(C)SCc1ccc(OC)cc1)C(C)(C)c1ccc(OC)cc1. The third-order valence-corrected chi connectivity index (χ3v) is 8.95. The molecule has 2 aromatic rings. The first-order valence-electron chi connectivity index (χ1n) is 16.1. The van der Waals surface area contributed by atoms with E-state index in [9.17, 15) is 19.5 Å². The lowest BCUT2D eigenvalue weighted by molar-refractivity contribution is -0.136. The Morgan fingerprint density at radius 2 is 1.38 bits per heavy atom. The molecule has 0 saturated heterocycles. The van der Waals surface area contributed by atoms with Crippen molar-refractivity contribution in [1.82, 2.24) is 15.5 Å². The van der Waals surface area contributed by atoms with Gasteiger partial charge in [-0.15, -0.1) is 11.8 Å². The van der Waals surface area contributed by atoms with Crippen LogP contribution in [-0.4, -0.2) is 79.5 Å². The van der Waals surface area contributed by atoms with Crippen LogP contribution in [0.15, 0.2) is 60.2 Å². The van der Waals surface area contributed by atoms with Gasteiger partial charge in [0.25, 0.3) is 0 Å². The van der Waals surface area contributed by atoms with Crippen molar-refractivity contribution in [3.63, 3.8) is 0 Å². The average Bonchev–Trinajstić information content (AvgIpc) is 3.06. The van der Waals surface area contributed by atoms with E-state index in [1.807, 2.05) is 90.1 Å². The number of rotatable bonds is 15. The molecule has 264 valence electrons. The molecule has 10 heteroatoms. The van der Waals surface area contributed by atoms with Crippen LogP contribution in [0.25, 0.3) is 0 Å². The maximum absolute atomic E-state index is 13.9. The highest BCUT2D eigenvalue weighted by Crippen LogP contribution is 2.34. The van der Waals surface area contributed by atoms with Crippen molar-refractivity contribution in [2.45, 2.75) is 96.7 Å². The number of methoxy groups -OCH3 is 2. The van der Waals surface area contributed by atoms with Gasteiger partial charge in [0.2, 0.25) is 11.8 Å². The first-order valence-corrected chi connectivity index (χ1v) is 17.1. The number of amides is 2. The quantitative estimate of drug-likeness (QED) is 0.179. The molecular formula is C37H59N3O6S. The normalized spacial score (nSPS) is 12.7. The summed E-state index contributed by atoms with van der Waals surface area (Å²) in [4.78, 5) is 40.5. The van der Waals surface area contributed by atoms with Crippen LogP contribution in [0.2, 0.25) is 0 Å². The zero-order chi connectivity index (χ0) is 36.4. The van der Waals surface area contributed by atoms with Crippen molar-refractivity contribution in [3.8, 4) is 11.5 Å². The van der Waals surface area contributed by atoms with Gasteiger partial charge in [-0.25, -0.2) is 4.79 Å². The Labute approximate surface area is 287 Å². The second-order valence-corrected chi connectivity index (χ2v) is 13.6. The summed E-state index contributed by atoms with van der Waals surface area (Å²) < 4.78 is 9.81. The largest absolute Gasteiger partial charge is 0.497 e. The van der Waals surface area contributed by atoms with Crippen LogP contribution in [0.3, 0.4) is 0 Å². The molecule has 0 aromatic heterocycles. The number of aliphatic carboxylic acids is 1. The van der Waals surface area contributed by atoms with Crippen LogP contribution in [0, 0.1) is 0 Å². The van der Waals surface area contributed by atoms with Crippen molar-refractivity contribution in [1.29, 1.82) is 0 Å². The molecule has 0 aliphatic heterocycles. The van der Waals surface area contributed by atoms with E-state index in [-0.39, 0.29) is 23.9 Å². The molecule has 2 unspecified atom stereocenters. The molecule has 0 bridgehead atoms. The van der Waals surface area contributed by atoms with Gasteiger partial charge in [-0.2, -0.15) is 0 Å². The molecule has 0 aliphatic carbocycles. The number of hydrogen-bond donors (Lipinski definition) is 3. The highest BCUT2D eigenvalue weighted by atomic mass is 32.2. The summed E-state index contributed by atoms with van der Waals surface area (Å²) in [5.41, 5.74) is 1.49. The molecule has 2 amide bonds. The van der Waals surface area contributed by atoms with Gasteiger partial charge in [-0.3, -0.25) is 9.59 Å². The Hall–Kier alpha value is -3.50. The highest BCUT2D eigenvalue weighted by Gasteiger charge is 2.42. The summed E-state index contributed by atoms with van der Waals surface area (Å²) in [7, 11) is 6.55. The zero-order valence-electron chi connectivity index (χ0n) is 30.8. The lowest BCUT2D eigenvalue weighted by atomic mass is 9.77. The third kappa shape index (κ3) is 13.6. The highest BCUT2D eigenvalue weighted by molar-refractivity contribution is 7.99. The molecule has 0 spiro atoms. The molecule has 47 heavy (non-hydrogen) atoms. The summed E-state index contributed by atoms with van der Waals surface area (Å²) in [6, 6.07) is 13.7. The molecule has 0 fully saturated rings. The molecule has 0 saturated carbocycles. The standard InChI is InChI=1S/C32H45N3O6S.C3H8.C2H6/c1-21(30(38)39)18-19-35(7)29(37)27(32(4,5)42-20-22-10-14-24(40-8)15-11-22)34-28(36)26(33-6)31(2,3)23-12-16-25(41-9)17-13-23;1-3-2;1-2/h10-18,26-27,33H,19-20H2,1-9H3,(H,34,36)(H,38,39);3H2,1-2H3;1-2H3/b21-18+;;. The number of nitrogens with one attached hydrogen (secondary N) is 2. The smallest absolute Gasteiger partial charge is 0.331 e. The molecule has 2 aromatic carbocycles. The van der Waals surface area contributed by atoms with Gasteiger partial charge >= 0.3 is 5.97 Å². The van der Waals surface area contributed by atoms with E-state index < -0.39 is 28.2 Å². The number of likely N-dealkylation sites (N-methyl/N-ethyl adjacent to an activating group) is 2. The van der Waals surface area contributed by atoms with E-state index >= 15 is 0 Å². The molecule has 2 atom stereocenters. The number of hydrogen-bond acceptors (Lipinski definition) is 7. The van der Waals surface area contributed by atoms with Crippen LogP contribution >= 0.6 is 11.8 Å². The summed E-state index contributed by atoms with van der Waals surface area (Å²) in [6.45, 7) is 17.6.